The van der Waals surface area contributed by atoms with Crippen LogP contribution in [0.15, 0.2) is 36.7 Å². The molecule has 0 amide bonds. The highest BCUT2D eigenvalue weighted by atomic mass is 15.2. The molecule has 4 nitrogen and oxygen atoms in total. The number of rotatable bonds is 5. The molecule has 3 N–H and O–H groups in total. The highest BCUT2D eigenvalue weighted by molar-refractivity contribution is 5.24. The van der Waals surface area contributed by atoms with E-state index in [2.05, 4.69) is 41.7 Å². The monoisotopic (exact) mass is 244 g/mol. The second-order valence-corrected chi connectivity index (χ2v) is 4.69. The molecule has 0 saturated heterocycles. The first-order valence-electron chi connectivity index (χ1n) is 6.19. The number of hydrazine groups is 1. The second kappa shape index (κ2) is 5.80. The molecule has 0 fully saturated rings. The van der Waals surface area contributed by atoms with E-state index in [1.807, 2.05) is 24.1 Å². The third-order valence-corrected chi connectivity index (χ3v) is 3.16. The molecule has 1 aromatic carbocycles. The van der Waals surface area contributed by atoms with Crippen molar-refractivity contribution in [2.75, 3.05) is 0 Å². The summed E-state index contributed by atoms with van der Waals surface area (Å²) in [6.45, 7) is 2.09. The van der Waals surface area contributed by atoms with Gasteiger partial charge in [-0.2, -0.15) is 5.10 Å². The van der Waals surface area contributed by atoms with Crippen LogP contribution < -0.4 is 11.3 Å². The highest BCUT2D eigenvalue weighted by Crippen LogP contribution is 2.18. The molecule has 4 heteroatoms. The lowest BCUT2D eigenvalue weighted by molar-refractivity contribution is 0.516. The van der Waals surface area contributed by atoms with Crippen LogP contribution in [0.5, 0.6) is 0 Å². The summed E-state index contributed by atoms with van der Waals surface area (Å²) in [5.41, 5.74) is 6.62. The van der Waals surface area contributed by atoms with Crippen LogP contribution in [-0.4, -0.2) is 9.78 Å². The number of hydrogen-bond donors (Lipinski definition) is 2. The topological polar surface area (TPSA) is 55.9 Å². The average Bonchev–Trinajstić information content (AvgIpc) is 2.78. The van der Waals surface area contributed by atoms with Crippen LogP contribution in [0.1, 0.15) is 29.2 Å². The van der Waals surface area contributed by atoms with E-state index < -0.39 is 0 Å². The van der Waals surface area contributed by atoms with Crippen molar-refractivity contribution in [1.29, 1.82) is 0 Å². The Bertz CT molecular complexity index is 487. The summed E-state index contributed by atoms with van der Waals surface area (Å²) in [7, 11) is 1.93. The van der Waals surface area contributed by atoms with Gasteiger partial charge in [0.1, 0.15) is 0 Å². The van der Waals surface area contributed by atoms with Crippen LogP contribution in [0.2, 0.25) is 0 Å². The molecule has 2 aromatic rings. The first kappa shape index (κ1) is 12.8. The van der Waals surface area contributed by atoms with Gasteiger partial charge in [-0.05, 0) is 30.9 Å². The fourth-order valence-corrected chi connectivity index (χ4v) is 2.06. The first-order valence-corrected chi connectivity index (χ1v) is 6.19. The summed E-state index contributed by atoms with van der Waals surface area (Å²) < 4.78 is 1.83. The zero-order valence-electron chi connectivity index (χ0n) is 10.9. The van der Waals surface area contributed by atoms with Crippen molar-refractivity contribution in [1.82, 2.24) is 15.2 Å². The van der Waals surface area contributed by atoms with Crippen LogP contribution in [0.25, 0.3) is 0 Å². The Labute approximate surface area is 108 Å². The molecule has 0 aliphatic heterocycles. The molecule has 0 radical (unpaired) electrons. The number of nitrogens with two attached hydrogens (primary N) is 1. The summed E-state index contributed by atoms with van der Waals surface area (Å²) in [4.78, 5) is 0. The standard InChI is InChI=1S/C14H20N4/c1-11-3-6-13(7-4-11)14(17-15)8-5-12-9-16-18(2)10-12/h3-4,6-7,9-10,14,17H,5,8,15H2,1-2H3. The Morgan fingerprint density at radius 1 is 1.33 bits per heavy atom. The van der Waals surface area contributed by atoms with Crippen molar-refractivity contribution in [3.05, 3.63) is 53.3 Å². The minimum atomic E-state index is 0.186. The van der Waals surface area contributed by atoms with Crippen LogP contribution in [0, 0.1) is 6.92 Å². The van der Waals surface area contributed by atoms with Gasteiger partial charge < -0.3 is 0 Å². The van der Waals surface area contributed by atoms with Crippen molar-refractivity contribution in [2.24, 2.45) is 12.9 Å². The van der Waals surface area contributed by atoms with Crippen molar-refractivity contribution in [2.45, 2.75) is 25.8 Å². The maximum atomic E-state index is 5.64. The Morgan fingerprint density at radius 3 is 2.61 bits per heavy atom. The molecule has 18 heavy (non-hydrogen) atoms. The van der Waals surface area contributed by atoms with E-state index in [9.17, 15) is 0 Å². The van der Waals surface area contributed by atoms with Crippen molar-refractivity contribution in [3.8, 4) is 0 Å². The summed E-state index contributed by atoms with van der Waals surface area (Å²) in [5, 5.41) is 4.17. The van der Waals surface area contributed by atoms with Crippen LogP contribution in [0.4, 0.5) is 0 Å². The van der Waals surface area contributed by atoms with E-state index >= 15 is 0 Å². The fourth-order valence-electron chi connectivity index (χ4n) is 2.06. The summed E-state index contributed by atoms with van der Waals surface area (Å²) >= 11 is 0. The molecule has 0 aliphatic carbocycles. The van der Waals surface area contributed by atoms with Gasteiger partial charge in [0.15, 0.2) is 0 Å². The fraction of sp³-hybridized carbons (Fsp3) is 0.357. The Balaban J connectivity index is 1.99. The summed E-state index contributed by atoms with van der Waals surface area (Å²) in [6.07, 6.45) is 5.88. The number of aromatic nitrogens is 2. The number of hydrogen-bond acceptors (Lipinski definition) is 3. The van der Waals surface area contributed by atoms with E-state index in [4.69, 9.17) is 5.84 Å². The molecule has 1 unspecified atom stereocenters. The Kier molecular flexibility index (Phi) is 4.12. The smallest absolute Gasteiger partial charge is 0.0521 e. The van der Waals surface area contributed by atoms with Gasteiger partial charge in [-0.3, -0.25) is 16.0 Å². The lowest BCUT2D eigenvalue weighted by Gasteiger charge is -2.16. The number of nitrogens with zero attached hydrogens (tertiary/aromatic N) is 2. The lowest BCUT2D eigenvalue weighted by atomic mass is 10.00. The largest absolute Gasteiger partial charge is 0.276 e. The molecule has 0 saturated carbocycles. The minimum absolute atomic E-state index is 0.186. The zero-order chi connectivity index (χ0) is 13.0. The van der Waals surface area contributed by atoms with Crippen molar-refractivity contribution >= 4 is 0 Å². The third-order valence-electron chi connectivity index (χ3n) is 3.16. The van der Waals surface area contributed by atoms with Crippen LogP contribution >= 0.6 is 0 Å². The zero-order valence-corrected chi connectivity index (χ0v) is 10.9. The summed E-state index contributed by atoms with van der Waals surface area (Å²) in [5.74, 6) is 5.64. The molecule has 0 aliphatic rings. The van der Waals surface area contributed by atoms with Gasteiger partial charge in [-0.15, -0.1) is 0 Å². The van der Waals surface area contributed by atoms with Gasteiger partial charge in [-0.25, -0.2) is 0 Å². The van der Waals surface area contributed by atoms with E-state index in [-0.39, 0.29) is 6.04 Å². The minimum Gasteiger partial charge on any atom is -0.276 e. The maximum Gasteiger partial charge on any atom is 0.0521 e. The van der Waals surface area contributed by atoms with Gasteiger partial charge in [-0.1, -0.05) is 29.8 Å². The Hall–Kier alpha value is -1.65. The van der Waals surface area contributed by atoms with Gasteiger partial charge in [0.05, 0.1) is 6.20 Å². The molecular formula is C14H20N4. The SMILES string of the molecule is Cc1ccc(C(CCc2cnn(C)c2)NN)cc1. The maximum absolute atomic E-state index is 5.64. The number of nitrogens with one attached hydrogen (secondary N) is 1. The number of aryl methyl sites for hydroxylation is 3. The van der Waals surface area contributed by atoms with Gasteiger partial charge >= 0.3 is 0 Å². The van der Waals surface area contributed by atoms with Crippen molar-refractivity contribution < 1.29 is 0 Å². The number of benzene rings is 1. The Morgan fingerprint density at radius 2 is 2.06 bits per heavy atom. The van der Waals surface area contributed by atoms with E-state index in [1.54, 1.807) is 0 Å². The normalized spacial score (nSPS) is 12.6. The van der Waals surface area contributed by atoms with Crippen LogP contribution in [0.3, 0.4) is 0 Å². The molecule has 1 heterocycles. The quantitative estimate of drug-likeness (QED) is 0.623. The molecular weight excluding hydrogens is 224 g/mol. The molecule has 96 valence electrons. The molecule has 1 aromatic heterocycles. The third kappa shape index (κ3) is 3.18. The molecule has 0 spiro atoms. The lowest BCUT2D eigenvalue weighted by Crippen LogP contribution is -2.28. The molecule has 0 bridgehead atoms. The predicted octanol–water partition coefficient (Wildman–Crippen LogP) is 1.87. The van der Waals surface area contributed by atoms with Crippen LogP contribution in [-0.2, 0) is 13.5 Å². The van der Waals surface area contributed by atoms with Gasteiger partial charge in [0.2, 0.25) is 0 Å². The summed E-state index contributed by atoms with van der Waals surface area (Å²) in [6, 6.07) is 8.67. The van der Waals surface area contributed by atoms with E-state index in [1.165, 1.54) is 16.7 Å². The molecule has 1 atom stereocenters. The van der Waals surface area contributed by atoms with E-state index in [0.29, 0.717) is 0 Å². The second-order valence-electron chi connectivity index (χ2n) is 4.69. The predicted molar refractivity (Wildman–Crippen MR) is 72.8 cm³/mol. The average molecular weight is 244 g/mol. The van der Waals surface area contributed by atoms with E-state index in [0.717, 1.165) is 12.8 Å². The first-order chi connectivity index (χ1) is 8.69. The highest BCUT2D eigenvalue weighted by Gasteiger charge is 2.09. The molecule has 2 rings (SSSR count). The van der Waals surface area contributed by atoms with Gasteiger partial charge in [0.25, 0.3) is 0 Å². The van der Waals surface area contributed by atoms with Gasteiger partial charge in [0, 0.05) is 19.3 Å². The van der Waals surface area contributed by atoms with Crippen molar-refractivity contribution in [3.63, 3.8) is 0 Å².